The average Bonchev–Trinajstić information content (AvgIpc) is 2.81. The third-order valence-corrected chi connectivity index (χ3v) is 6.88. The molecule has 3 atom stereocenters. The van der Waals surface area contributed by atoms with E-state index in [2.05, 4.69) is 0 Å². The first kappa shape index (κ1) is 15.4. The van der Waals surface area contributed by atoms with Crippen molar-refractivity contribution >= 4 is 13.2 Å². The Hall–Kier alpha value is -1.45. The number of benzene rings is 2. The molecule has 1 aliphatic rings. The Bertz CT molecular complexity index is 634. The van der Waals surface area contributed by atoms with Gasteiger partial charge in [0.25, 0.3) is 0 Å². The molecule has 116 valence electrons. The van der Waals surface area contributed by atoms with Crippen LogP contribution in [0.5, 0.6) is 5.75 Å². The summed E-state index contributed by atoms with van der Waals surface area (Å²) in [5.41, 5.74) is 1.05. The van der Waals surface area contributed by atoms with E-state index >= 15 is 0 Å². The van der Waals surface area contributed by atoms with Gasteiger partial charge in [-0.05, 0) is 36.8 Å². The van der Waals surface area contributed by atoms with E-state index in [4.69, 9.17) is 9.26 Å². The fraction of sp³-hybridized carbons (Fsp3) is 0.294. The van der Waals surface area contributed by atoms with Crippen LogP contribution in [0.3, 0.4) is 0 Å². The molecule has 1 fully saturated rings. The molecule has 5 heteroatoms. The van der Waals surface area contributed by atoms with Crippen molar-refractivity contribution in [2.75, 3.05) is 14.2 Å². The molecule has 2 aromatic rings. The van der Waals surface area contributed by atoms with Crippen molar-refractivity contribution in [3.8, 4) is 5.75 Å². The Labute approximate surface area is 131 Å². The zero-order chi connectivity index (χ0) is 15.7. The second-order valence-corrected chi connectivity index (χ2v) is 7.87. The Morgan fingerprint density at radius 3 is 2.32 bits per heavy atom. The highest BCUT2D eigenvalue weighted by atomic mass is 31.2. The monoisotopic (exact) mass is 317 g/mol. The van der Waals surface area contributed by atoms with Crippen molar-refractivity contribution in [3.63, 3.8) is 0 Å². The van der Waals surface area contributed by atoms with Gasteiger partial charge in [-0.1, -0.05) is 30.3 Å². The summed E-state index contributed by atoms with van der Waals surface area (Å²) in [7, 11) is 0.430. The standard InChI is InChI=1S/C17H20NO3P/c1-13-17(14-7-5-4-6-8-14)21-22(19,18(13)2)16-11-9-15(20-3)10-12-16/h4-13,17H,1-3H3/t13-,17-,22?/m1/s1. The number of hydrogen-bond acceptors (Lipinski definition) is 4. The highest BCUT2D eigenvalue weighted by Gasteiger charge is 2.52. The van der Waals surface area contributed by atoms with E-state index in [1.807, 2.05) is 73.2 Å². The van der Waals surface area contributed by atoms with E-state index < -0.39 is 7.87 Å². The molecule has 0 saturated carbocycles. The molecule has 3 rings (SSSR count). The summed E-state index contributed by atoms with van der Waals surface area (Å²) >= 11 is 0. The van der Waals surface area contributed by atoms with Crippen LogP contribution in [0.25, 0.3) is 0 Å². The fourth-order valence-corrected chi connectivity index (χ4v) is 5.11. The number of ether oxygens (including phenoxy) is 1. The molecular weight excluding hydrogens is 297 g/mol. The molecule has 0 bridgehead atoms. The molecule has 0 amide bonds. The number of likely N-dealkylation sites (N-methyl/N-ethyl adjacent to an activating group) is 1. The van der Waals surface area contributed by atoms with Crippen LogP contribution >= 0.6 is 7.87 Å². The van der Waals surface area contributed by atoms with Gasteiger partial charge in [0.2, 0.25) is 7.87 Å². The molecule has 4 nitrogen and oxygen atoms in total. The predicted octanol–water partition coefficient (Wildman–Crippen LogP) is 2.54. The van der Waals surface area contributed by atoms with Gasteiger partial charge in [0, 0.05) is 7.05 Å². The maximum atomic E-state index is 13.4. The van der Waals surface area contributed by atoms with Crippen molar-refractivity contribution in [1.29, 1.82) is 0 Å². The van der Waals surface area contributed by atoms with Crippen LogP contribution in [0.4, 0.5) is 0 Å². The predicted molar refractivity (Wildman–Crippen MR) is 87.0 cm³/mol. The van der Waals surface area contributed by atoms with Crippen molar-refractivity contribution in [2.45, 2.75) is 19.1 Å². The minimum Gasteiger partial charge on any atom is -0.637 e. The van der Waals surface area contributed by atoms with Crippen LogP contribution in [-0.4, -0.2) is 24.9 Å². The van der Waals surface area contributed by atoms with Gasteiger partial charge in [0.15, 0.2) is 0 Å². The van der Waals surface area contributed by atoms with Crippen LogP contribution in [0.2, 0.25) is 0 Å². The molecule has 1 aliphatic heterocycles. The minimum atomic E-state index is -3.04. The highest BCUT2D eigenvalue weighted by molar-refractivity contribution is 7.69. The Morgan fingerprint density at radius 2 is 1.73 bits per heavy atom. The number of nitrogens with zero attached hydrogens (tertiary/aromatic N) is 1. The van der Waals surface area contributed by atoms with Crippen LogP contribution in [-0.2, 0) is 4.52 Å². The van der Waals surface area contributed by atoms with E-state index in [-0.39, 0.29) is 12.1 Å². The van der Waals surface area contributed by atoms with E-state index in [1.54, 1.807) is 7.11 Å². The normalized spacial score (nSPS) is 28.7. The quantitative estimate of drug-likeness (QED) is 0.816. The van der Waals surface area contributed by atoms with E-state index in [1.165, 1.54) is 0 Å². The second kappa shape index (κ2) is 5.98. The number of rotatable bonds is 3. The smallest absolute Gasteiger partial charge is 0.208 e. The second-order valence-electron chi connectivity index (χ2n) is 5.47. The SMILES string of the molecule is COc1ccc([P+]2([O-])O[C@@H](c3ccccc3)[C@@H](C)N2C)cc1. The first-order valence-electron chi connectivity index (χ1n) is 7.27. The van der Waals surface area contributed by atoms with Gasteiger partial charge in [-0.15, -0.1) is 4.67 Å². The summed E-state index contributed by atoms with van der Waals surface area (Å²) in [6, 6.07) is 17.2. The Kier molecular flexibility index (Phi) is 4.20. The summed E-state index contributed by atoms with van der Waals surface area (Å²) in [6.45, 7) is 2.04. The lowest BCUT2D eigenvalue weighted by molar-refractivity contribution is -0.195. The lowest BCUT2D eigenvalue weighted by atomic mass is 10.0. The molecule has 0 N–H and O–H groups in total. The summed E-state index contributed by atoms with van der Waals surface area (Å²) in [5.74, 6) is 0.741. The van der Waals surface area contributed by atoms with Gasteiger partial charge in [-0.3, -0.25) is 0 Å². The van der Waals surface area contributed by atoms with E-state index in [0.29, 0.717) is 5.30 Å². The largest absolute Gasteiger partial charge is 0.637 e. The van der Waals surface area contributed by atoms with Crippen LogP contribution in [0, 0.1) is 0 Å². The third-order valence-electron chi connectivity index (χ3n) is 4.23. The van der Waals surface area contributed by atoms with Gasteiger partial charge in [-0.25, -0.2) is 4.52 Å². The average molecular weight is 317 g/mol. The van der Waals surface area contributed by atoms with Gasteiger partial charge >= 0.3 is 0 Å². The summed E-state index contributed by atoms with van der Waals surface area (Å²) < 4.78 is 13.1. The van der Waals surface area contributed by atoms with Crippen LogP contribution in [0.15, 0.2) is 54.6 Å². The van der Waals surface area contributed by atoms with Crippen molar-refractivity contribution in [3.05, 3.63) is 60.2 Å². The highest BCUT2D eigenvalue weighted by Crippen LogP contribution is 2.64. The molecule has 0 radical (unpaired) electrons. The molecule has 0 aromatic heterocycles. The minimum absolute atomic E-state index is 0.0373. The Morgan fingerprint density at radius 1 is 1.09 bits per heavy atom. The van der Waals surface area contributed by atoms with Gasteiger partial charge < -0.3 is 9.63 Å². The van der Waals surface area contributed by atoms with Crippen LogP contribution in [0.1, 0.15) is 18.6 Å². The van der Waals surface area contributed by atoms with Gasteiger partial charge in [-0.2, -0.15) is 0 Å². The van der Waals surface area contributed by atoms with Crippen LogP contribution < -0.4 is 14.9 Å². The van der Waals surface area contributed by atoms with Crippen molar-refractivity contribution < 1.29 is 14.2 Å². The molecule has 0 spiro atoms. The number of hydrogen-bond donors (Lipinski definition) is 0. The maximum absolute atomic E-state index is 13.4. The Balaban J connectivity index is 1.93. The summed E-state index contributed by atoms with van der Waals surface area (Å²) in [5, 5.41) is 0.695. The molecule has 2 aromatic carbocycles. The van der Waals surface area contributed by atoms with Gasteiger partial charge in [0.05, 0.1) is 13.2 Å². The topological polar surface area (TPSA) is 44.8 Å². The first-order valence-corrected chi connectivity index (χ1v) is 8.85. The third kappa shape index (κ3) is 2.53. The van der Waals surface area contributed by atoms with Gasteiger partial charge in [0.1, 0.15) is 17.2 Å². The molecule has 1 unspecified atom stereocenters. The molecule has 1 heterocycles. The van der Waals surface area contributed by atoms with E-state index in [0.717, 1.165) is 11.3 Å². The number of methoxy groups -OCH3 is 1. The fourth-order valence-electron chi connectivity index (χ4n) is 2.75. The maximum Gasteiger partial charge on any atom is 0.208 e. The molecule has 22 heavy (non-hydrogen) atoms. The molecule has 1 saturated heterocycles. The zero-order valence-electron chi connectivity index (χ0n) is 13.0. The van der Waals surface area contributed by atoms with Crippen molar-refractivity contribution in [1.82, 2.24) is 4.67 Å². The summed E-state index contributed by atoms with van der Waals surface area (Å²) in [4.78, 5) is 13.4. The molecule has 0 aliphatic carbocycles. The first-order chi connectivity index (χ1) is 10.6. The lowest BCUT2D eigenvalue weighted by Gasteiger charge is -2.30. The lowest BCUT2D eigenvalue weighted by Crippen LogP contribution is -2.34. The van der Waals surface area contributed by atoms with Crippen molar-refractivity contribution in [2.24, 2.45) is 0 Å². The summed E-state index contributed by atoms with van der Waals surface area (Å²) in [6.07, 6.45) is -0.195. The van der Waals surface area contributed by atoms with E-state index in [9.17, 15) is 4.89 Å². The zero-order valence-corrected chi connectivity index (χ0v) is 13.9. The molecular formula is C17H20NO3P.